The number of nitrogens with one attached hydrogen (secondary N) is 1. The largest absolute Gasteiger partial charge is 0.481 e. The number of hydrogen-bond acceptors (Lipinski definition) is 6. The summed E-state index contributed by atoms with van der Waals surface area (Å²) in [6.07, 6.45) is 2.93. The summed E-state index contributed by atoms with van der Waals surface area (Å²) >= 11 is 1.66. The second kappa shape index (κ2) is 7.67. The fourth-order valence-corrected chi connectivity index (χ4v) is 3.41. The van der Waals surface area contributed by atoms with Gasteiger partial charge in [-0.05, 0) is 42.1 Å². The molecule has 1 unspecified atom stereocenters. The Balaban J connectivity index is 1.34. The van der Waals surface area contributed by atoms with Crippen molar-refractivity contribution in [3.63, 3.8) is 0 Å². The molecule has 0 radical (unpaired) electrons. The Morgan fingerprint density at radius 3 is 3.00 bits per heavy atom. The van der Waals surface area contributed by atoms with E-state index in [2.05, 4.69) is 10.3 Å². The molecule has 0 aliphatic carbocycles. The number of rotatable bonds is 6. The van der Waals surface area contributed by atoms with E-state index in [9.17, 15) is 4.79 Å². The first kappa shape index (κ1) is 17.4. The molecule has 3 heterocycles. The Morgan fingerprint density at radius 2 is 2.15 bits per heavy atom. The monoisotopic (exact) mass is 382 g/mol. The summed E-state index contributed by atoms with van der Waals surface area (Å²) in [6.45, 7) is 2.30. The van der Waals surface area contributed by atoms with E-state index in [1.54, 1.807) is 42.7 Å². The van der Waals surface area contributed by atoms with E-state index in [1.165, 1.54) is 0 Å². The average molecular weight is 382 g/mol. The summed E-state index contributed by atoms with van der Waals surface area (Å²) < 4.78 is 16.3. The van der Waals surface area contributed by atoms with Crippen molar-refractivity contribution in [3.8, 4) is 27.7 Å². The lowest BCUT2D eigenvalue weighted by atomic mass is 10.2. The molecule has 1 amide bonds. The summed E-state index contributed by atoms with van der Waals surface area (Å²) in [5.74, 6) is 1.66. The van der Waals surface area contributed by atoms with Crippen LogP contribution in [0.15, 0.2) is 54.2 Å². The molecule has 0 saturated heterocycles. The molecule has 138 valence electrons. The number of pyridine rings is 1. The highest BCUT2D eigenvalue weighted by atomic mass is 32.1. The number of amides is 1. The van der Waals surface area contributed by atoms with Crippen LogP contribution < -0.4 is 19.5 Å². The molecule has 0 fully saturated rings. The van der Waals surface area contributed by atoms with E-state index < -0.39 is 6.10 Å². The molecule has 1 aromatic carbocycles. The molecule has 27 heavy (non-hydrogen) atoms. The topological polar surface area (TPSA) is 69.7 Å². The van der Waals surface area contributed by atoms with Crippen molar-refractivity contribution in [1.29, 1.82) is 0 Å². The number of carbonyl (C=O) groups is 1. The molecule has 1 N–H and O–H groups in total. The predicted octanol–water partition coefficient (Wildman–Crippen LogP) is 3.62. The number of ether oxygens (including phenoxy) is 3. The lowest BCUT2D eigenvalue weighted by Crippen LogP contribution is -2.35. The normalized spacial score (nSPS) is 13.2. The van der Waals surface area contributed by atoms with Gasteiger partial charge in [-0.25, -0.2) is 0 Å². The highest BCUT2D eigenvalue weighted by molar-refractivity contribution is 7.13. The van der Waals surface area contributed by atoms with E-state index in [0.717, 1.165) is 16.0 Å². The van der Waals surface area contributed by atoms with Crippen LogP contribution in [-0.4, -0.2) is 23.8 Å². The Hall–Kier alpha value is -3.06. The maximum atomic E-state index is 12.4. The Labute approximate surface area is 160 Å². The maximum Gasteiger partial charge on any atom is 0.261 e. The maximum absolute atomic E-state index is 12.4. The Kier molecular flexibility index (Phi) is 4.93. The minimum Gasteiger partial charge on any atom is -0.481 e. The van der Waals surface area contributed by atoms with Crippen LogP contribution in [0.5, 0.6) is 17.2 Å². The number of benzene rings is 1. The quantitative estimate of drug-likeness (QED) is 0.705. The van der Waals surface area contributed by atoms with Crippen LogP contribution in [0.1, 0.15) is 12.5 Å². The van der Waals surface area contributed by atoms with E-state index >= 15 is 0 Å². The molecule has 0 bridgehead atoms. The van der Waals surface area contributed by atoms with Gasteiger partial charge in [0.1, 0.15) is 5.75 Å². The molecule has 1 aliphatic heterocycles. The van der Waals surface area contributed by atoms with Gasteiger partial charge in [0.05, 0.1) is 0 Å². The van der Waals surface area contributed by atoms with Gasteiger partial charge in [0.25, 0.3) is 5.91 Å². The average Bonchev–Trinajstić information content (AvgIpc) is 3.37. The van der Waals surface area contributed by atoms with Crippen molar-refractivity contribution < 1.29 is 19.0 Å². The first-order chi connectivity index (χ1) is 13.2. The van der Waals surface area contributed by atoms with Crippen molar-refractivity contribution in [2.75, 3.05) is 6.79 Å². The number of hydrogen-bond donors (Lipinski definition) is 1. The summed E-state index contributed by atoms with van der Waals surface area (Å²) in [7, 11) is 0. The third-order valence-electron chi connectivity index (χ3n) is 4.09. The molecule has 6 nitrogen and oxygen atoms in total. The third kappa shape index (κ3) is 4.03. The zero-order chi connectivity index (χ0) is 18.6. The molecule has 2 aromatic heterocycles. The summed E-state index contributed by atoms with van der Waals surface area (Å²) in [5, 5.41) is 4.91. The van der Waals surface area contributed by atoms with Crippen LogP contribution in [0, 0.1) is 0 Å². The van der Waals surface area contributed by atoms with Gasteiger partial charge in [-0.3, -0.25) is 9.78 Å². The van der Waals surface area contributed by atoms with Gasteiger partial charge in [0.2, 0.25) is 6.79 Å². The molecular formula is C20H18N2O4S. The number of thiophene rings is 1. The number of aromatic nitrogens is 1. The van der Waals surface area contributed by atoms with Crippen molar-refractivity contribution in [3.05, 3.63) is 59.7 Å². The van der Waals surface area contributed by atoms with Crippen LogP contribution in [0.2, 0.25) is 0 Å². The van der Waals surface area contributed by atoms with E-state index in [-0.39, 0.29) is 12.7 Å². The van der Waals surface area contributed by atoms with Gasteiger partial charge >= 0.3 is 0 Å². The van der Waals surface area contributed by atoms with Crippen LogP contribution in [-0.2, 0) is 11.3 Å². The zero-order valence-electron chi connectivity index (χ0n) is 14.7. The molecule has 1 atom stereocenters. The zero-order valence-corrected chi connectivity index (χ0v) is 15.5. The first-order valence-corrected chi connectivity index (χ1v) is 9.39. The third-order valence-corrected chi connectivity index (χ3v) is 5.01. The standard InChI is InChI=1S/C20H18N2O4S/c1-13(26-16-4-5-17-18(8-16)25-12-24-17)20(23)22-10-14-7-15(11-21-9-14)19-3-2-6-27-19/h2-9,11,13H,10,12H2,1H3,(H,22,23). The highest BCUT2D eigenvalue weighted by Crippen LogP contribution is 2.35. The Morgan fingerprint density at radius 1 is 1.26 bits per heavy atom. The van der Waals surface area contributed by atoms with Crippen LogP contribution in [0.4, 0.5) is 0 Å². The van der Waals surface area contributed by atoms with Crippen LogP contribution >= 0.6 is 11.3 Å². The van der Waals surface area contributed by atoms with Crippen LogP contribution in [0.25, 0.3) is 10.4 Å². The fraction of sp³-hybridized carbons (Fsp3) is 0.200. The second-order valence-electron chi connectivity index (χ2n) is 6.05. The number of carbonyl (C=O) groups excluding carboxylic acids is 1. The van der Waals surface area contributed by atoms with Crippen molar-refractivity contribution in [2.24, 2.45) is 0 Å². The Bertz CT molecular complexity index is 943. The molecule has 0 spiro atoms. The van der Waals surface area contributed by atoms with Crippen molar-refractivity contribution >= 4 is 17.2 Å². The predicted molar refractivity (Wildman–Crippen MR) is 102 cm³/mol. The van der Waals surface area contributed by atoms with Gasteiger partial charge in [-0.1, -0.05) is 6.07 Å². The van der Waals surface area contributed by atoms with Gasteiger partial charge in [0.15, 0.2) is 17.6 Å². The van der Waals surface area contributed by atoms with Crippen molar-refractivity contribution in [1.82, 2.24) is 10.3 Å². The minimum atomic E-state index is -0.640. The summed E-state index contributed by atoms with van der Waals surface area (Å²) in [6, 6.07) is 11.3. The summed E-state index contributed by atoms with van der Waals surface area (Å²) in [4.78, 5) is 17.8. The lowest BCUT2D eigenvalue weighted by molar-refractivity contribution is -0.127. The number of nitrogens with zero attached hydrogens (tertiary/aromatic N) is 1. The first-order valence-electron chi connectivity index (χ1n) is 8.51. The molecule has 1 aliphatic rings. The minimum absolute atomic E-state index is 0.200. The lowest BCUT2D eigenvalue weighted by Gasteiger charge is -2.15. The highest BCUT2D eigenvalue weighted by Gasteiger charge is 2.18. The van der Waals surface area contributed by atoms with Gasteiger partial charge in [-0.2, -0.15) is 0 Å². The molecule has 7 heteroatoms. The van der Waals surface area contributed by atoms with E-state index in [0.29, 0.717) is 23.8 Å². The fourth-order valence-electron chi connectivity index (χ4n) is 2.70. The summed E-state index contributed by atoms with van der Waals surface area (Å²) in [5.41, 5.74) is 1.98. The number of fused-ring (bicyclic) bond motifs is 1. The molecule has 4 rings (SSSR count). The SMILES string of the molecule is CC(Oc1ccc2c(c1)OCO2)C(=O)NCc1cncc(-c2cccs2)c1. The van der Waals surface area contributed by atoms with Crippen LogP contribution in [0.3, 0.4) is 0 Å². The second-order valence-corrected chi connectivity index (χ2v) is 7.00. The van der Waals surface area contributed by atoms with E-state index in [1.807, 2.05) is 29.8 Å². The molecule has 3 aromatic rings. The molecular weight excluding hydrogens is 364 g/mol. The smallest absolute Gasteiger partial charge is 0.261 e. The van der Waals surface area contributed by atoms with Crippen molar-refractivity contribution in [2.45, 2.75) is 19.6 Å². The van der Waals surface area contributed by atoms with Gasteiger partial charge < -0.3 is 19.5 Å². The molecule has 0 saturated carbocycles. The van der Waals surface area contributed by atoms with Gasteiger partial charge in [0, 0.05) is 35.4 Å². The van der Waals surface area contributed by atoms with Gasteiger partial charge in [-0.15, -0.1) is 11.3 Å². The van der Waals surface area contributed by atoms with E-state index in [4.69, 9.17) is 14.2 Å².